The highest BCUT2D eigenvalue weighted by Crippen LogP contribution is 2.27. The Kier molecular flexibility index (Phi) is 5.35. The molecule has 7 nitrogen and oxygen atoms in total. The summed E-state index contributed by atoms with van der Waals surface area (Å²) in [4.78, 5) is 21.4. The minimum Gasteiger partial charge on any atom is -0.476 e. The Bertz CT molecular complexity index is 438. The third-order valence-corrected chi connectivity index (χ3v) is 2.71. The van der Waals surface area contributed by atoms with Crippen molar-refractivity contribution in [3.63, 3.8) is 0 Å². The van der Waals surface area contributed by atoms with Gasteiger partial charge in [-0.25, -0.2) is 4.98 Å². The van der Waals surface area contributed by atoms with Crippen LogP contribution in [0.25, 0.3) is 0 Å². The van der Waals surface area contributed by atoms with Crippen LogP contribution in [-0.4, -0.2) is 43.1 Å². The molecule has 106 valence electrons. The topological polar surface area (TPSA) is 93.4 Å². The van der Waals surface area contributed by atoms with Gasteiger partial charge in [0, 0.05) is 20.6 Å². The van der Waals surface area contributed by atoms with E-state index in [0.717, 1.165) is 0 Å². The predicted octanol–water partition coefficient (Wildman–Crippen LogP) is 0.276. The summed E-state index contributed by atoms with van der Waals surface area (Å²) in [5.74, 6) is 0.741. The molecule has 0 aromatic carbocycles. The number of nitrogens with one attached hydrogen (secondary N) is 1. The van der Waals surface area contributed by atoms with Crippen molar-refractivity contribution in [3.8, 4) is 5.88 Å². The third-order valence-electron chi connectivity index (χ3n) is 2.71. The number of hydrogen-bond donors (Lipinski definition) is 2. The number of nitrogens with zero attached hydrogens (tertiary/aromatic N) is 3. The minimum absolute atomic E-state index is 0.0236. The Labute approximate surface area is 113 Å². The number of ether oxygens (including phenoxy) is 1. The Morgan fingerprint density at radius 3 is 2.84 bits per heavy atom. The van der Waals surface area contributed by atoms with E-state index in [-0.39, 0.29) is 11.8 Å². The van der Waals surface area contributed by atoms with E-state index >= 15 is 0 Å². The fourth-order valence-electron chi connectivity index (χ4n) is 1.75. The van der Waals surface area contributed by atoms with Crippen LogP contribution in [-0.2, 0) is 4.79 Å². The van der Waals surface area contributed by atoms with Crippen molar-refractivity contribution in [3.05, 3.63) is 6.33 Å². The number of rotatable bonds is 6. The highest BCUT2D eigenvalue weighted by Gasteiger charge is 2.18. The maximum atomic E-state index is 11.5. The summed E-state index contributed by atoms with van der Waals surface area (Å²) in [6.45, 7) is 4.69. The first-order chi connectivity index (χ1) is 9.01. The number of amides is 1. The summed E-state index contributed by atoms with van der Waals surface area (Å²) in [7, 11) is 3.44. The van der Waals surface area contributed by atoms with Crippen LogP contribution in [0.2, 0.25) is 0 Å². The fraction of sp³-hybridized carbons (Fsp3) is 0.583. The average Bonchev–Trinajstić information content (AvgIpc) is 2.40. The first-order valence-corrected chi connectivity index (χ1v) is 6.17. The highest BCUT2D eigenvalue weighted by molar-refractivity contribution is 5.79. The zero-order chi connectivity index (χ0) is 14.4. The van der Waals surface area contributed by atoms with Gasteiger partial charge in [-0.1, -0.05) is 6.92 Å². The molecular weight excluding hydrogens is 246 g/mol. The zero-order valence-electron chi connectivity index (χ0n) is 11.8. The molecule has 0 aliphatic heterocycles. The lowest BCUT2D eigenvalue weighted by Gasteiger charge is -2.23. The first kappa shape index (κ1) is 15.0. The zero-order valence-corrected chi connectivity index (χ0v) is 11.8. The van der Waals surface area contributed by atoms with Crippen LogP contribution < -0.4 is 20.7 Å². The number of aromatic nitrogens is 2. The third kappa shape index (κ3) is 3.70. The Hall–Kier alpha value is -2.05. The van der Waals surface area contributed by atoms with Gasteiger partial charge in [-0.15, -0.1) is 0 Å². The van der Waals surface area contributed by atoms with Crippen molar-refractivity contribution >= 4 is 17.4 Å². The molecule has 0 saturated heterocycles. The van der Waals surface area contributed by atoms with Crippen molar-refractivity contribution in [1.82, 2.24) is 15.3 Å². The number of hydrogen-bond acceptors (Lipinski definition) is 6. The van der Waals surface area contributed by atoms with Gasteiger partial charge >= 0.3 is 0 Å². The van der Waals surface area contributed by atoms with Gasteiger partial charge in [0.15, 0.2) is 5.82 Å². The maximum absolute atomic E-state index is 11.5. The second-order valence-corrected chi connectivity index (χ2v) is 4.24. The van der Waals surface area contributed by atoms with Crippen molar-refractivity contribution in [1.29, 1.82) is 0 Å². The molecular formula is C12H21N5O2. The van der Waals surface area contributed by atoms with Gasteiger partial charge in [-0.05, 0) is 6.92 Å². The van der Waals surface area contributed by atoms with E-state index in [0.29, 0.717) is 30.5 Å². The molecule has 0 bridgehead atoms. The number of nitrogens with two attached hydrogens (primary N) is 1. The molecule has 1 rings (SSSR count). The van der Waals surface area contributed by atoms with Crippen molar-refractivity contribution < 1.29 is 9.53 Å². The van der Waals surface area contributed by atoms with Crippen LogP contribution in [0.1, 0.15) is 13.8 Å². The van der Waals surface area contributed by atoms with Crippen LogP contribution in [0.3, 0.4) is 0 Å². The Morgan fingerprint density at radius 2 is 2.26 bits per heavy atom. The highest BCUT2D eigenvalue weighted by atomic mass is 16.5. The van der Waals surface area contributed by atoms with E-state index in [1.54, 1.807) is 7.05 Å². The molecule has 1 heterocycles. The number of nitrogen functional groups attached to an aromatic ring is 1. The molecule has 1 atom stereocenters. The largest absolute Gasteiger partial charge is 0.476 e. The first-order valence-electron chi connectivity index (χ1n) is 6.17. The van der Waals surface area contributed by atoms with Crippen LogP contribution >= 0.6 is 0 Å². The molecule has 1 amide bonds. The second-order valence-electron chi connectivity index (χ2n) is 4.24. The predicted molar refractivity (Wildman–Crippen MR) is 74.1 cm³/mol. The van der Waals surface area contributed by atoms with Crippen LogP contribution in [0.15, 0.2) is 6.33 Å². The van der Waals surface area contributed by atoms with Crippen molar-refractivity contribution in [2.75, 3.05) is 37.9 Å². The van der Waals surface area contributed by atoms with E-state index in [1.807, 2.05) is 25.8 Å². The lowest BCUT2D eigenvalue weighted by molar-refractivity contribution is -0.123. The number of anilines is 2. The SMILES string of the molecule is CCOc1ncnc(N(C)CC(C)C(=O)NC)c1N. The van der Waals surface area contributed by atoms with Crippen LogP contribution in [0.4, 0.5) is 11.5 Å². The minimum atomic E-state index is -0.167. The van der Waals surface area contributed by atoms with Crippen LogP contribution in [0, 0.1) is 5.92 Å². The molecule has 0 fully saturated rings. The molecule has 19 heavy (non-hydrogen) atoms. The van der Waals surface area contributed by atoms with Gasteiger partial charge in [0.25, 0.3) is 0 Å². The molecule has 0 spiro atoms. The van der Waals surface area contributed by atoms with Gasteiger partial charge in [0.05, 0.1) is 12.5 Å². The molecule has 0 aliphatic rings. The lowest BCUT2D eigenvalue weighted by atomic mass is 10.1. The quantitative estimate of drug-likeness (QED) is 0.768. The standard InChI is InChI=1S/C12H21N5O2/c1-5-19-12-9(13)10(15-7-16-12)17(4)6-8(2)11(18)14-3/h7-8H,5-6,13H2,1-4H3,(H,14,18). The molecule has 0 saturated carbocycles. The van der Waals surface area contributed by atoms with Crippen LogP contribution in [0.5, 0.6) is 5.88 Å². The van der Waals surface area contributed by atoms with E-state index in [4.69, 9.17) is 10.5 Å². The summed E-state index contributed by atoms with van der Waals surface area (Å²) in [6.07, 6.45) is 1.40. The average molecular weight is 267 g/mol. The number of carbonyl (C=O) groups is 1. The molecule has 1 unspecified atom stereocenters. The van der Waals surface area contributed by atoms with E-state index in [2.05, 4.69) is 15.3 Å². The summed E-state index contributed by atoms with van der Waals surface area (Å²) in [5, 5.41) is 2.61. The second kappa shape index (κ2) is 6.77. The van der Waals surface area contributed by atoms with Gasteiger partial charge in [-0.3, -0.25) is 4.79 Å². The van der Waals surface area contributed by atoms with Gasteiger partial charge in [0.2, 0.25) is 11.8 Å². The maximum Gasteiger partial charge on any atom is 0.242 e. The summed E-state index contributed by atoms with van der Waals surface area (Å²) >= 11 is 0. The fourth-order valence-corrected chi connectivity index (χ4v) is 1.75. The Morgan fingerprint density at radius 1 is 1.58 bits per heavy atom. The molecule has 0 radical (unpaired) electrons. The van der Waals surface area contributed by atoms with E-state index < -0.39 is 0 Å². The van der Waals surface area contributed by atoms with Gasteiger partial charge in [0.1, 0.15) is 12.0 Å². The molecule has 3 N–H and O–H groups in total. The normalized spacial score (nSPS) is 11.8. The summed E-state index contributed by atoms with van der Waals surface area (Å²) in [5.41, 5.74) is 6.35. The number of carbonyl (C=O) groups excluding carboxylic acids is 1. The Balaban J connectivity index is 2.85. The molecule has 0 aliphatic carbocycles. The van der Waals surface area contributed by atoms with Crippen molar-refractivity contribution in [2.45, 2.75) is 13.8 Å². The van der Waals surface area contributed by atoms with Crippen molar-refractivity contribution in [2.24, 2.45) is 5.92 Å². The van der Waals surface area contributed by atoms with Gasteiger partial charge < -0.3 is 20.7 Å². The molecule has 7 heteroatoms. The molecule has 1 aromatic rings. The van der Waals surface area contributed by atoms with Gasteiger partial charge in [-0.2, -0.15) is 4.98 Å². The monoisotopic (exact) mass is 267 g/mol. The lowest BCUT2D eigenvalue weighted by Crippen LogP contribution is -2.35. The smallest absolute Gasteiger partial charge is 0.242 e. The summed E-state index contributed by atoms with van der Waals surface area (Å²) < 4.78 is 5.32. The van der Waals surface area contributed by atoms with E-state index in [9.17, 15) is 4.79 Å². The summed E-state index contributed by atoms with van der Waals surface area (Å²) in [6, 6.07) is 0. The van der Waals surface area contributed by atoms with E-state index in [1.165, 1.54) is 6.33 Å². The molecule has 1 aromatic heterocycles.